The first-order valence-corrected chi connectivity index (χ1v) is 7.30. The molecule has 1 aliphatic rings. The van der Waals surface area contributed by atoms with Crippen molar-refractivity contribution < 1.29 is 13.2 Å². The van der Waals surface area contributed by atoms with Crippen molar-refractivity contribution in [1.29, 1.82) is 0 Å². The average molecular weight is 276 g/mol. The van der Waals surface area contributed by atoms with Crippen LogP contribution in [0.3, 0.4) is 0 Å². The van der Waals surface area contributed by atoms with Crippen molar-refractivity contribution in [3.05, 3.63) is 11.1 Å². The van der Waals surface area contributed by atoms with Gasteiger partial charge in [-0.15, -0.1) is 11.3 Å². The van der Waals surface area contributed by atoms with E-state index in [-0.39, 0.29) is 10.0 Å². The summed E-state index contributed by atoms with van der Waals surface area (Å²) in [7, 11) is -3.58. The van der Waals surface area contributed by atoms with Gasteiger partial charge in [-0.1, -0.05) is 0 Å². The molecule has 2 heterocycles. The van der Waals surface area contributed by atoms with Crippen LogP contribution in [0, 0.1) is 0 Å². The molecule has 1 saturated heterocycles. The number of piperazine rings is 1. The third kappa shape index (κ3) is 2.46. The topological polar surface area (TPSA) is 105 Å². The lowest BCUT2D eigenvalue weighted by Crippen LogP contribution is -2.46. The zero-order valence-corrected chi connectivity index (χ0v) is 10.6. The van der Waals surface area contributed by atoms with E-state index >= 15 is 0 Å². The number of nitrogens with one attached hydrogen (secondary N) is 1. The van der Waals surface area contributed by atoms with Crippen LogP contribution in [0.4, 0.5) is 0 Å². The molecule has 0 aliphatic carbocycles. The maximum atomic E-state index is 12.1. The number of aromatic nitrogens is 1. The average Bonchev–Trinajstić information content (AvgIpc) is 2.80. The van der Waals surface area contributed by atoms with E-state index in [1.54, 1.807) is 0 Å². The minimum absolute atomic E-state index is 0.0105. The number of rotatable bonds is 3. The van der Waals surface area contributed by atoms with Crippen LogP contribution in [-0.2, 0) is 10.0 Å². The Morgan fingerprint density at radius 2 is 2.12 bits per heavy atom. The molecule has 0 radical (unpaired) electrons. The van der Waals surface area contributed by atoms with Crippen molar-refractivity contribution in [3.8, 4) is 0 Å². The minimum atomic E-state index is -3.58. The highest BCUT2D eigenvalue weighted by atomic mass is 32.2. The molecular formula is C8H12N4O3S2. The van der Waals surface area contributed by atoms with Gasteiger partial charge in [0.1, 0.15) is 5.69 Å². The summed E-state index contributed by atoms with van der Waals surface area (Å²) in [5.74, 6) is -0.719. The van der Waals surface area contributed by atoms with Crippen LogP contribution in [0.2, 0.25) is 0 Å². The second kappa shape index (κ2) is 4.69. The molecule has 1 aliphatic heterocycles. The molecule has 1 aromatic rings. The summed E-state index contributed by atoms with van der Waals surface area (Å²) in [5, 5.41) is 4.42. The van der Waals surface area contributed by atoms with E-state index in [1.807, 2.05) is 0 Å². The van der Waals surface area contributed by atoms with Gasteiger partial charge in [0.2, 0.25) is 4.34 Å². The molecule has 9 heteroatoms. The number of thiazole rings is 1. The predicted octanol–water partition coefficient (Wildman–Crippen LogP) is -1.16. The van der Waals surface area contributed by atoms with Gasteiger partial charge >= 0.3 is 0 Å². The van der Waals surface area contributed by atoms with Crippen LogP contribution in [-0.4, -0.2) is 49.8 Å². The third-order valence-electron chi connectivity index (χ3n) is 2.37. The van der Waals surface area contributed by atoms with Gasteiger partial charge in [-0.25, -0.2) is 13.4 Å². The summed E-state index contributed by atoms with van der Waals surface area (Å²) in [4.78, 5) is 14.6. The zero-order valence-electron chi connectivity index (χ0n) is 8.92. The molecule has 0 unspecified atom stereocenters. The van der Waals surface area contributed by atoms with Gasteiger partial charge in [-0.05, 0) is 0 Å². The SMILES string of the molecule is NC(=O)c1csc(S(=O)(=O)N2CCNCC2)n1. The Kier molecular flexibility index (Phi) is 3.43. The van der Waals surface area contributed by atoms with Crippen LogP contribution in [0.15, 0.2) is 9.72 Å². The molecule has 1 aromatic heterocycles. The molecule has 17 heavy (non-hydrogen) atoms. The van der Waals surface area contributed by atoms with Gasteiger partial charge in [0.25, 0.3) is 15.9 Å². The van der Waals surface area contributed by atoms with Gasteiger partial charge in [0.15, 0.2) is 0 Å². The first-order chi connectivity index (χ1) is 8.01. The van der Waals surface area contributed by atoms with Gasteiger partial charge < -0.3 is 11.1 Å². The summed E-state index contributed by atoms with van der Waals surface area (Å²) < 4.78 is 25.5. The highest BCUT2D eigenvalue weighted by molar-refractivity contribution is 7.91. The normalized spacial score (nSPS) is 18.1. The van der Waals surface area contributed by atoms with E-state index in [0.29, 0.717) is 26.2 Å². The number of nitrogens with zero attached hydrogens (tertiary/aromatic N) is 2. The minimum Gasteiger partial charge on any atom is -0.364 e. The summed E-state index contributed by atoms with van der Waals surface area (Å²) in [6.45, 7) is 2.06. The Labute approximate surface area is 103 Å². The maximum Gasteiger partial charge on any atom is 0.270 e. The molecule has 1 amide bonds. The fourth-order valence-corrected chi connectivity index (χ4v) is 4.06. The zero-order chi connectivity index (χ0) is 12.5. The first-order valence-electron chi connectivity index (χ1n) is 4.98. The first kappa shape index (κ1) is 12.4. The quantitative estimate of drug-likeness (QED) is 0.724. The monoisotopic (exact) mass is 276 g/mol. The maximum absolute atomic E-state index is 12.1. The van der Waals surface area contributed by atoms with Crippen LogP contribution < -0.4 is 11.1 Å². The molecule has 0 aromatic carbocycles. The fourth-order valence-electron chi connectivity index (χ4n) is 1.48. The summed E-state index contributed by atoms with van der Waals surface area (Å²) >= 11 is 0.916. The Hall–Kier alpha value is -1.03. The molecule has 0 atom stereocenters. The number of sulfonamides is 1. The highest BCUT2D eigenvalue weighted by Gasteiger charge is 2.29. The molecule has 0 spiro atoms. The largest absolute Gasteiger partial charge is 0.364 e. The van der Waals surface area contributed by atoms with Gasteiger partial charge in [-0.3, -0.25) is 4.79 Å². The summed E-state index contributed by atoms with van der Waals surface area (Å²) in [6, 6.07) is 0. The number of hydrogen-bond acceptors (Lipinski definition) is 6. The van der Waals surface area contributed by atoms with Crippen molar-refractivity contribution >= 4 is 27.3 Å². The van der Waals surface area contributed by atoms with E-state index in [0.717, 1.165) is 11.3 Å². The number of carbonyl (C=O) groups is 1. The molecule has 0 bridgehead atoms. The van der Waals surface area contributed by atoms with Gasteiger partial charge in [0, 0.05) is 31.6 Å². The number of carbonyl (C=O) groups excluding carboxylic acids is 1. The summed E-state index contributed by atoms with van der Waals surface area (Å²) in [5.41, 5.74) is 5.03. The van der Waals surface area contributed by atoms with Crippen molar-refractivity contribution in [2.75, 3.05) is 26.2 Å². The van der Waals surface area contributed by atoms with Gasteiger partial charge in [0.05, 0.1) is 0 Å². The number of nitrogens with two attached hydrogens (primary N) is 1. The van der Waals surface area contributed by atoms with Crippen LogP contribution in [0.5, 0.6) is 0 Å². The molecule has 1 fully saturated rings. The fraction of sp³-hybridized carbons (Fsp3) is 0.500. The third-order valence-corrected chi connectivity index (χ3v) is 5.50. The molecule has 7 nitrogen and oxygen atoms in total. The van der Waals surface area contributed by atoms with Crippen LogP contribution in [0.1, 0.15) is 10.5 Å². The van der Waals surface area contributed by atoms with Crippen molar-refractivity contribution in [2.24, 2.45) is 5.73 Å². The lowest BCUT2D eigenvalue weighted by atomic mass is 10.4. The van der Waals surface area contributed by atoms with Crippen molar-refractivity contribution in [2.45, 2.75) is 4.34 Å². The van der Waals surface area contributed by atoms with Crippen LogP contribution in [0.25, 0.3) is 0 Å². The van der Waals surface area contributed by atoms with E-state index in [1.165, 1.54) is 9.69 Å². The Morgan fingerprint density at radius 3 is 2.65 bits per heavy atom. The molecule has 0 saturated carbocycles. The molecule has 2 rings (SSSR count). The second-order valence-corrected chi connectivity index (χ2v) is 6.49. The van der Waals surface area contributed by atoms with E-state index < -0.39 is 15.9 Å². The van der Waals surface area contributed by atoms with Crippen molar-refractivity contribution in [3.63, 3.8) is 0 Å². The van der Waals surface area contributed by atoms with E-state index in [9.17, 15) is 13.2 Å². The Balaban J connectivity index is 2.27. The van der Waals surface area contributed by atoms with E-state index in [4.69, 9.17) is 5.73 Å². The Bertz CT molecular complexity index is 519. The molecular weight excluding hydrogens is 264 g/mol. The van der Waals surface area contributed by atoms with E-state index in [2.05, 4.69) is 10.3 Å². The smallest absolute Gasteiger partial charge is 0.270 e. The highest BCUT2D eigenvalue weighted by Crippen LogP contribution is 2.20. The Morgan fingerprint density at radius 1 is 1.47 bits per heavy atom. The van der Waals surface area contributed by atoms with Gasteiger partial charge in [-0.2, -0.15) is 4.31 Å². The lowest BCUT2D eigenvalue weighted by molar-refractivity contribution is 0.0996. The predicted molar refractivity (Wildman–Crippen MR) is 62.3 cm³/mol. The molecule has 3 N–H and O–H groups in total. The standard InChI is InChI=1S/C8H12N4O3S2/c9-7(13)6-5-16-8(11-6)17(14,15)12-3-1-10-2-4-12/h5,10H,1-4H2,(H2,9,13). The number of primary amides is 1. The number of amides is 1. The van der Waals surface area contributed by atoms with Crippen molar-refractivity contribution in [1.82, 2.24) is 14.6 Å². The summed E-state index contributed by atoms with van der Waals surface area (Å²) in [6.07, 6.45) is 0. The second-order valence-electron chi connectivity index (χ2n) is 3.52. The number of hydrogen-bond donors (Lipinski definition) is 2. The lowest BCUT2D eigenvalue weighted by Gasteiger charge is -2.25. The van der Waals surface area contributed by atoms with Crippen LogP contribution >= 0.6 is 11.3 Å². The molecule has 94 valence electrons.